The zero-order chi connectivity index (χ0) is 20.3. The lowest BCUT2D eigenvalue weighted by atomic mass is 10.1. The van der Waals surface area contributed by atoms with Crippen molar-refractivity contribution >= 4 is 33.6 Å². The Morgan fingerprint density at radius 1 is 1.11 bits per heavy atom. The van der Waals surface area contributed by atoms with E-state index in [1.165, 1.54) is 54.3 Å². The topological polar surface area (TPSA) is 73.7 Å². The number of rotatable bonds is 4. The largest absolute Gasteiger partial charge is 0.465 e. The van der Waals surface area contributed by atoms with Gasteiger partial charge >= 0.3 is 11.9 Å². The van der Waals surface area contributed by atoms with Gasteiger partial charge in [0, 0.05) is 18.5 Å². The van der Waals surface area contributed by atoms with Crippen molar-refractivity contribution in [2.45, 2.75) is 0 Å². The number of anilines is 1. The van der Waals surface area contributed by atoms with Gasteiger partial charge in [0.1, 0.15) is 11.5 Å². The Kier molecular flexibility index (Phi) is 5.74. The Bertz CT molecular complexity index is 1030. The first-order chi connectivity index (χ1) is 13.5. The molecule has 2 heterocycles. The summed E-state index contributed by atoms with van der Waals surface area (Å²) in [7, 11) is 2.40. The number of esters is 2. The Morgan fingerprint density at radius 3 is 2.50 bits per heavy atom. The zero-order valence-corrected chi connectivity index (χ0v) is 16.5. The van der Waals surface area contributed by atoms with Crippen LogP contribution >= 0.6 is 15.9 Å². The van der Waals surface area contributed by atoms with E-state index in [0.29, 0.717) is 5.69 Å². The van der Waals surface area contributed by atoms with Crippen molar-refractivity contribution in [1.29, 1.82) is 0 Å². The molecule has 1 aliphatic rings. The molecule has 0 fully saturated rings. The molecule has 0 atom stereocenters. The number of ether oxygens (including phenoxy) is 2. The van der Waals surface area contributed by atoms with Gasteiger partial charge in [-0.25, -0.2) is 18.7 Å². The molecule has 0 radical (unpaired) electrons. The summed E-state index contributed by atoms with van der Waals surface area (Å²) in [5.41, 5.74) is 0.607. The summed E-state index contributed by atoms with van der Waals surface area (Å²) in [6.07, 6.45) is 9.38. The second-order valence-electron chi connectivity index (χ2n) is 5.55. The van der Waals surface area contributed by atoms with Gasteiger partial charge in [0.15, 0.2) is 0 Å². The third-order valence-corrected chi connectivity index (χ3v) is 4.29. The van der Waals surface area contributed by atoms with Crippen LogP contribution in [0.2, 0.25) is 0 Å². The predicted octanol–water partition coefficient (Wildman–Crippen LogP) is 3.26. The molecule has 1 aromatic heterocycles. The average Bonchev–Trinajstić information content (AvgIpc) is 3.00. The molecule has 1 aromatic carbocycles. The molecule has 1 aliphatic heterocycles. The Hall–Kier alpha value is -3.20. The highest BCUT2D eigenvalue weighted by molar-refractivity contribution is 9.10. The van der Waals surface area contributed by atoms with Crippen LogP contribution in [0.5, 0.6) is 0 Å². The van der Waals surface area contributed by atoms with Crippen molar-refractivity contribution in [3.63, 3.8) is 0 Å². The highest BCUT2D eigenvalue weighted by Gasteiger charge is 2.29. The Labute approximate surface area is 168 Å². The number of carbonyl (C=O) groups is 2. The van der Waals surface area contributed by atoms with Crippen LogP contribution in [0.15, 0.2) is 70.8 Å². The van der Waals surface area contributed by atoms with Crippen LogP contribution in [0.3, 0.4) is 0 Å². The fourth-order valence-corrected chi connectivity index (χ4v) is 2.95. The quantitative estimate of drug-likeness (QED) is 0.669. The third kappa shape index (κ3) is 3.74. The van der Waals surface area contributed by atoms with E-state index in [4.69, 9.17) is 9.47 Å². The monoisotopic (exact) mass is 447 g/mol. The standard InChI is InChI=1S/C19H15BrFN3O4/c1-27-18(25)14-5-3-4-8-23(17(14)19(26)28-2)16-9-13(21)6-7-15(16)24-11-12(20)10-22-24/h3-11H,1-2H3. The fraction of sp³-hybridized carbons (Fsp3) is 0.105. The molecule has 0 saturated carbocycles. The molecule has 0 N–H and O–H groups in total. The van der Waals surface area contributed by atoms with Crippen LogP contribution in [-0.4, -0.2) is 35.9 Å². The molecule has 28 heavy (non-hydrogen) atoms. The van der Waals surface area contributed by atoms with Crippen LogP contribution in [0.1, 0.15) is 0 Å². The van der Waals surface area contributed by atoms with Gasteiger partial charge < -0.3 is 14.4 Å². The number of nitrogens with zero attached hydrogens (tertiary/aromatic N) is 3. The van der Waals surface area contributed by atoms with Crippen molar-refractivity contribution in [3.8, 4) is 5.69 Å². The smallest absolute Gasteiger partial charge is 0.355 e. The molecular formula is C19H15BrFN3O4. The van der Waals surface area contributed by atoms with Crippen LogP contribution in [-0.2, 0) is 19.1 Å². The van der Waals surface area contributed by atoms with Gasteiger partial charge in [-0.3, -0.25) is 0 Å². The number of benzene rings is 1. The van der Waals surface area contributed by atoms with Crippen molar-refractivity contribution in [3.05, 3.63) is 76.6 Å². The summed E-state index contributed by atoms with van der Waals surface area (Å²) in [6.45, 7) is 0. The van der Waals surface area contributed by atoms with Crippen LogP contribution in [0.4, 0.5) is 10.1 Å². The summed E-state index contributed by atoms with van der Waals surface area (Å²) < 4.78 is 26.0. The number of allylic oxidation sites excluding steroid dienone is 2. The third-order valence-electron chi connectivity index (χ3n) is 3.88. The van der Waals surface area contributed by atoms with Gasteiger partial charge in [-0.05, 0) is 40.2 Å². The number of halogens is 2. The normalized spacial score (nSPS) is 13.5. The molecule has 0 aliphatic carbocycles. The molecule has 7 nitrogen and oxygen atoms in total. The predicted molar refractivity (Wildman–Crippen MR) is 103 cm³/mol. The lowest BCUT2D eigenvalue weighted by Crippen LogP contribution is -2.28. The second-order valence-corrected chi connectivity index (χ2v) is 6.47. The lowest BCUT2D eigenvalue weighted by Gasteiger charge is -2.25. The van der Waals surface area contributed by atoms with Crippen molar-refractivity contribution in [1.82, 2.24) is 9.78 Å². The van der Waals surface area contributed by atoms with E-state index in [1.807, 2.05) is 0 Å². The Morgan fingerprint density at radius 2 is 1.86 bits per heavy atom. The molecule has 0 bridgehead atoms. The minimum atomic E-state index is -0.784. The summed E-state index contributed by atoms with van der Waals surface area (Å²) in [4.78, 5) is 26.2. The van der Waals surface area contributed by atoms with E-state index >= 15 is 0 Å². The highest BCUT2D eigenvalue weighted by Crippen LogP contribution is 2.32. The van der Waals surface area contributed by atoms with Gasteiger partial charge in [-0.15, -0.1) is 0 Å². The van der Waals surface area contributed by atoms with Crippen molar-refractivity contribution in [2.75, 3.05) is 19.1 Å². The molecule has 0 saturated heterocycles. The first-order valence-electron chi connectivity index (χ1n) is 8.01. The molecule has 144 valence electrons. The molecule has 0 spiro atoms. The maximum Gasteiger partial charge on any atom is 0.355 e. The summed E-state index contributed by atoms with van der Waals surface area (Å²) in [5, 5.41) is 4.21. The van der Waals surface area contributed by atoms with Crippen LogP contribution in [0, 0.1) is 5.82 Å². The molecule has 2 aromatic rings. The number of hydrogen-bond acceptors (Lipinski definition) is 6. The molecule has 9 heteroatoms. The number of methoxy groups -OCH3 is 2. The van der Waals surface area contributed by atoms with E-state index in [2.05, 4.69) is 21.0 Å². The Balaban J connectivity index is 2.27. The first kappa shape index (κ1) is 19.6. The number of hydrogen-bond donors (Lipinski definition) is 0. The van der Waals surface area contributed by atoms with Gasteiger partial charge in [-0.2, -0.15) is 5.10 Å². The molecule has 0 amide bonds. The summed E-state index contributed by atoms with van der Waals surface area (Å²) in [6, 6.07) is 4.03. The SMILES string of the molecule is COC(=O)C1=C(C(=O)OC)N(c2cc(F)ccc2-n2cc(Br)cn2)C=CC=C1. The molecular weight excluding hydrogens is 433 g/mol. The van der Waals surface area contributed by atoms with E-state index < -0.39 is 17.8 Å². The van der Waals surface area contributed by atoms with Crippen molar-refractivity contribution < 1.29 is 23.5 Å². The maximum absolute atomic E-state index is 14.1. The minimum Gasteiger partial charge on any atom is -0.465 e. The van der Waals surface area contributed by atoms with Crippen LogP contribution < -0.4 is 4.90 Å². The molecule has 3 rings (SSSR count). The zero-order valence-electron chi connectivity index (χ0n) is 14.9. The maximum atomic E-state index is 14.1. The van der Waals surface area contributed by atoms with Gasteiger partial charge in [0.05, 0.1) is 41.8 Å². The van der Waals surface area contributed by atoms with E-state index in [1.54, 1.807) is 24.5 Å². The van der Waals surface area contributed by atoms with E-state index in [-0.39, 0.29) is 17.0 Å². The first-order valence-corrected chi connectivity index (χ1v) is 8.80. The van der Waals surface area contributed by atoms with E-state index in [0.717, 1.165) is 4.47 Å². The number of carbonyl (C=O) groups excluding carboxylic acids is 2. The van der Waals surface area contributed by atoms with Crippen LogP contribution in [0.25, 0.3) is 5.69 Å². The lowest BCUT2D eigenvalue weighted by molar-refractivity contribution is -0.139. The highest BCUT2D eigenvalue weighted by atomic mass is 79.9. The van der Waals surface area contributed by atoms with Gasteiger partial charge in [0.25, 0.3) is 0 Å². The van der Waals surface area contributed by atoms with E-state index in [9.17, 15) is 14.0 Å². The summed E-state index contributed by atoms with van der Waals surface area (Å²) in [5.74, 6) is -2.04. The van der Waals surface area contributed by atoms with Crippen molar-refractivity contribution in [2.24, 2.45) is 0 Å². The average molecular weight is 448 g/mol. The molecule has 0 unspecified atom stereocenters. The fourth-order valence-electron chi connectivity index (χ4n) is 2.67. The van der Waals surface area contributed by atoms with Gasteiger partial charge in [-0.1, -0.05) is 6.08 Å². The number of aromatic nitrogens is 2. The summed E-state index contributed by atoms with van der Waals surface area (Å²) >= 11 is 3.32. The minimum absolute atomic E-state index is 0.0313. The second kappa shape index (κ2) is 8.22. The van der Waals surface area contributed by atoms with Gasteiger partial charge in [0.2, 0.25) is 0 Å².